The van der Waals surface area contributed by atoms with E-state index in [1.807, 2.05) is 0 Å². The van der Waals surface area contributed by atoms with Crippen LogP contribution in [0.2, 0.25) is 0 Å². The Bertz CT molecular complexity index is 666. The fourth-order valence-electron chi connectivity index (χ4n) is 3.29. The Kier molecular flexibility index (Phi) is 4.39. The number of nitrogens with one attached hydrogen (secondary N) is 1. The second-order valence-corrected chi connectivity index (χ2v) is 5.91. The highest BCUT2D eigenvalue weighted by Crippen LogP contribution is 2.43. The summed E-state index contributed by atoms with van der Waals surface area (Å²) in [5, 5.41) is 30.9. The van der Waals surface area contributed by atoms with Crippen LogP contribution < -0.4 is 11.2 Å². The van der Waals surface area contributed by atoms with Crippen molar-refractivity contribution in [2.75, 3.05) is 13.2 Å². The Morgan fingerprint density at radius 2 is 2.17 bits per heavy atom. The van der Waals surface area contributed by atoms with Crippen LogP contribution in [-0.4, -0.2) is 62.0 Å². The molecule has 0 aliphatic carbocycles. The molecular weight excluding hydrogens is 308 g/mol. The number of aliphatic hydroxyl groups excluding tert-OH is 2. The first kappa shape index (κ1) is 16.3. The fraction of sp³-hybridized carbons (Fsp3) is 0.714. The zero-order chi connectivity index (χ0) is 16.6. The molecule has 3 rings (SSSR count). The van der Waals surface area contributed by atoms with Gasteiger partial charge in [0.2, 0.25) is 0 Å². The summed E-state index contributed by atoms with van der Waals surface area (Å²) in [5.41, 5.74) is -3.26. The summed E-state index contributed by atoms with van der Waals surface area (Å²) in [4.78, 5) is 25.3. The smallest absolute Gasteiger partial charge is 0.330 e. The van der Waals surface area contributed by atoms with Crippen molar-refractivity contribution in [3.05, 3.63) is 33.1 Å². The number of hydrogen-bond acceptors (Lipinski definition) is 7. The van der Waals surface area contributed by atoms with Crippen molar-refractivity contribution in [3.63, 3.8) is 0 Å². The molecule has 5 atom stereocenters. The summed E-state index contributed by atoms with van der Waals surface area (Å²) in [6.07, 6.45) is -1.19. The van der Waals surface area contributed by atoms with Gasteiger partial charge in [0, 0.05) is 18.9 Å². The highest BCUT2D eigenvalue weighted by atomic mass is 16.6. The zero-order valence-electron chi connectivity index (χ0n) is 12.4. The van der Waals surface area contributed by atoms with Gasteiger partial charge in [-0.3, -0.25) is 14.3 Å². The first-order chi connectivity index (χ1) is 11.0. The lowest BCUT2D eigenvalue weighted by Crippen LogP contribution is -2.58. The summed E-state index contributed by atoms with van der Waals surface area (Å²) in [6.45, 7) is -0.0957. The minimum Gasteiger partial charge on any atom is -0.394 e. The summed E-state index contributed by atoms with van der Waals surface area (Å²) < 4.78 is 12.1. The second kappa shape index (κ2) is 6.17. The molecule has 9 nitrogen and oxygen atoms in total. The quantitative estimate of drug-likeness (QED) is 0.508. The van der Waals surface area contributed by atoms with Gasteiger partial charge in [-0.1, -0.05) is 0 Å². The molecule has 3 heterocycles. The van der Waals surface area contributed by atoms with E-state index in [1.54, 1.807) is 0 Å². The van der Waals surface area contributed by atoms with Crippen molar-refractivity contribution in [2.24, 2.45) is 0 Å². The second-order valence-electron chi connectivity index (χ2n) is 5.91. The minimum atomic E-state index is -1.91. The lowest BCUT2D eigenvalue weighted by atomic mass is 9.84. The molecule has 128 valence electrons. The number of nitrogens with zero attached hydrogens (tertiary/aromatic N) is 1. The SMILES string of the molecule is O=c1ccn([C@@H]2O[C@H](CO)[C@@H](O)[C@]2(O)C2CCCCO2)c(=O)[nH]1. The maximum absolute atomic E-state index is 12.0. The number of hydrogen-bond donors (Lipinski definition) is 4. The molecule has 0 saturated carbocycles. The topological polar surface area (TPSA) is 134 Å². The molecule has 4 N–H and O–H groups in total. The van der Waals surface area contributed by atoms with E-state index in [4.69, 9.17) is 9.47 Å². The monoisotopic (exact) mass is 328 g/mol. The van der Waals surface area contributed by atoms with Gasteiger partial charge in [-0.2, -0.15) is 0 Å². The molecule has 1 aromatic rings. The maximum Gasteiger partial charge on any atom is 0.330 e. The highest BCUT2D eigenvalue weighted by molar-refractivity contribution is 5.08. The molecule has 2 fully saturated rings. The predicted octanol–water partition coefficient (Wildman–Crippen LogP) is -1.91. The number of rotatable bonds is 3. The normalized spacial score (nSPS) is 37.9. The Morgan fingerprint density at radius 3 is 2.78 bits per heavy atom. The summed E-state index contributed by atoms with van der Waals surface area (Å²) in [5.74, 6) is 0. The van der Waals surface area contributed by atoms with Crippen molar-refractivity contribution in [1.29, 1.82) is 0 Å². The molecule has 0 radical (unpaired) electrons. The molecule has 0 spiro atoms. The van der Waals surface area contributed by atoms with Crippen LogP contribution in [0.3, 0.4) is 0 Å². The Morgan fingerprint density at radius 1 is 1.39 bits per heavy atom. The number of ether oxygens (including phenoxy) is 2. The number of aromatic nitrogens is 2. The van der Waals surface area contributed by atoms with E-state index in [0.717, 1.165) is 23.5 Å². The van der Waals surface area contributed by atoms with Gasteiger partial charge in [-0.25, -0.2) is 4.79 Å². The summed E-state index contributed by atoms with van der Waals surface area (Å²) in [7, 11) is 0. The van der Waals surface area contributed by atoms with Crippen LogP contribution in [0.1, 0.15) is 25.5 Å². The molecule has 9 heteroatoms. The van der Waals surface area contributed by atoms with Crippen LogP contribution in [0.4, 0.5) is 0 Å². The summed E-state index contributed by atoms with van der Waals surface area (Å²) >= 11 is 0. The van der Waals surface area contributed by atoms with E-state index in [0.29, 0.717) is 13.0 Å². The third-order valence-corrected chi connectivity index (χ3v) is 4.50. The van der Waals surface area contributed by atoms with Crippen molar-refractivity contribution >= 4 is 0 Å². The number of aliphatic hydroxyl groups is 3. The molecule has 2 aliphatic rings. The largest absolute Gasteiger partial charge is 0.394 e. The average molecular weight is 328 g/mol. The number of aromatic amines is 1. The van der Waals surface area contributed by atoms with E-state index in [-0.39, 0.29) is 0 Å². The lowest BCUT2D eigenvalue weighted by Gasteiger charge is -2.40. The molecule has 0 amide bonds. The molecule has 23 heavy (non-hydrogen) atoms. The van der Waals surface area contributed by atoms with Gasteiger partial charge < -0.3 is 24.8 Å². The third kappa shape index (κ3) is 2.64. The molecule has 0 bridgehead atoms. The standard InChI is InChI=1S/C14H20N2O7/c17-7-8-11(19)14(21,9-3-1-2-6-22-9)12(23-8)16-5-4-10(18)15-13(16)20/h4-5,8-9,11-12,17,19,21H,1-3,6-7H2,(H,15,18,20)/t8-,9?,11-,12-,14-/m1/s1. The average Bonchev–Trinajstić information content (AvgIpc) is 2.81. The van der Waals surface area contributed by atoms with Crippen LogP contribution in [0.25, 0.3) is 0 Å². The van der Waals surface area contributed by atoms with Gasteiger partial charge in [0.05, 0.1) is 12.7 Å². The Hall–Kier alpha value is -1.52. The van der Waals surface area contributed by atoms with Gasteiger partial charge in [-0.05, 0) is 19.3 Å². The van der Waals surface area contributed by atoms with Gasteiger partial charge in [0.15, 0.2) is 11.8 Å². The predicted molar refractivity (Wildman–Crippen MR) is 76.9 cm³/mol. The van der Waals surface area contributed by atoms with E-state index >= 15 is 0 Å². The molecular formula is C14H20N2O7. The molecule has 1 aromatic heterocycles. The van der Waals surface area contributed by atoms with Crippen LogP contribution in [0.5, 0.6) is 0 Å². The molecule has 2 aliphatic heterocycles. The van der Waals surface area contributed by atoms with Crippen molar-refractivity contribution < 1.29 is 24.8 Å². The highest BCUT2D eigenvalue weighted by Gasteiger charge is 2.61. The van der Waals surface area contributed by atoms with Crippen molar-refractivity contribution in [3.8, 4) is 0 Å². The van der Waals surface area contributed by atoms with E-state index in [1.165, 1.54) is 6.20 Å². The molecule has 1 unspecified atom stereocenters. The number of H-pyrrole nitrogens is 1. The van der Waals surface area contributed by atoms with Crippen molar-refractivity contribution in [1.82, 2.24) is 9.55 Å². The first-order valence-corrected chi connectivity index (χ1v) is 7.58. The Labute approximate surface area is 131 Å². The van der Waals surface area contributed by atoms with Crippen LogP contribution in [-0.2, 0) is 9.47 Å². The van der Waals surface area contributed by atoms with Crippen molar-refractivity contribution in [2.45, 2.75) is 49.4 Å². The summed E-state index contributed by atoms with van der Waals surface area (Å²) in [6, 6.07) is 1.12. The molecule has 2 saturated heterocycles. The van der Waals surface area contributed by atoms with E-state index in [2.05, 4.69) is 4.98 Å². The van der Waals surface area contributed by atoms with E-state index in [9.17, 15) is 24.9 Å². The van der Waals surface area contributed by atoms with E-state index < -0.39 is 48.0 Å². The van der Waals surface area contributed by atoms with Gasteiger partial charge in [0.1, 0.15) is 12.2 Å². The molecule has 0 aromatic carbocycles. The van der Waals surface area contributed by atoms with Gasteiger partial charge in [0.25, 0.3) is 5.56 Å². The Balaban J connectivity index is 2.04. The van der Waals surface area contributed by atoms with Crippen LogP contribution in [0, 0.1) is 0 Å². The van der Waals surface area contributed by atoms with Gasteiger partial charge in [-0.15, -0.1) is 0 Å². The van der Waals surface area contributed by atoms with Crippen LogP contribution >= 0.6 is 0 Å². The maximum atomic E-state index is 12.0. The fourth-order valence-corrected chi connectivity index (χ4v) is 3.29. The zero-order valence-corrected chi connectivity index (χ0v) is 12.4. The van der Waals surface area contributed by atoms with Crippen LogP contribution in [0.15, 0.2) is 21.9 Å². The third-order valence-electron chi connectivity index (χ3n) is 4.50. The lowest BCUT2D eigenvalue weighted by molar-refractivity contribution is -0.198. The first-order valence-electron chi connectivity index (χ1n) is 7.58. The van der Waals surface area contributed by atoms with Gasteiger partial charge >= 0.3 is 5.69 Å². The minimum absolute atomic E-state index is 0.427.